The predicted octanol–water partition coefficient (Wildman–Crippen LogP) is 0.332. The number of rotatable bonds is 4. The zero-order valence-corrected chi connectivity index (χ0v) is 12.2. The molecule has 2 aromatic rings. The van der Waals surface area contributed by atoms with Gasteiger partial charge in [-0.2, -0.15) is 5.10 Å². The molecule has 0 radical (unpaired) electrons. The van der Waals surface area contributed by atoms with Crippen molar-refractivity contribution in [3.8, 4) is 0 Å². The first kappa shape index (κ1) is 14.1. The van der Waals surface area contributed by atoms with Crippen molar-refractivity contribution in [1.29, 1.82) is 0 Å². The highest BCUT2D eigenvalue weighted by molar-refractivity contribution is 5.13. The summed E-state index contributed by atoms with van der Waals surface area (Å²) in [4.78, 5) is 16.5. The fraction of sp³-hybridized carbons (Fsp3) is 0.571. The van der Waals surface area contributed by atoms with Crippen molar-refractivity contribution in [3.05, 3.63) is 40.3 Å². The predicted molar refractivity (Wildman–Crippen MR) is 77.8 cm³/mol. The van der Waals surface area contributed by atoms with Gasteiger partial charge in [-0.1, -0.05) is 0 Å². The second kappa shape index (κ2) is 5.87. The number of H-pyrrole nitrogens is 1. The molecule has 21 heavy (non-hydrogen) atoms. The Morgan fingerprint density at radius 3 is 3.00 bits per heavy atom. The molecule has 0 fully saturated rings. The van der Waals surface area contributed by atoms with Crippen molar-refractivity contribution in [2.75, 3.05) is 13.1 Å². The van der Waals surface area contributed by atoms with E-state index in [0.717, 1.165) is 44.0 Å². The molecule has 1 unspecified atom stereocenters. The Labute approximate surface area is 122 Å². The number of nitrogens with zero attached hydrogens (tertiary/aromatic N) is 4. The lowest BCUT2D eigenvalue weighted by atomic mass is 10.2. The molecule has 114 valence electrons. The van der Waals surface area contributed by atoms with Crippen LogP contribution in [0.5, 0.6) is 0 Å². The number of fused-ring (bicyclic) bond motifs is 1. The van der Waals surface area contributed by atoms with E-state index < -0.39 is 6.10 Å². The molecule has 7 nitrogen and oxygen atoms in total. The summed E-state index contributed by atoms with van der Waals surface area (Å²) in [6, 6.07) is 1.98. The van der Waals surface area contributed by atoms with Crippen LogP contribution in [0.2, 0.25) is 0 Å². The number of aryl methyl sites for hydroxylation is 1. The van der Waals surface area contributed by atoms with E-state index in [1.54, 1.807) is 23.9 Å². The van der Waals surface area contributed by atoms with Gasteiger partial charge in [0.05, 0.1) is 17.5 Å². The van der Waals surface area contributed by atoms with E-state index >= 15 is 0 Å². The fourth-order valence-electron chi connectivity index (χ4n) is 2.72. The summed E-state index contributed by atoms with van der Waals surface area (Å²) in [5, 5.41) is 14.1. The Balaban J connectivity index is 1.67. The summed E-state index contributed by atoms with van der Waals surface area (Å²) in [5.74, 6) is 0. The van der Waals surface area contributed by atoms with Crippen molar-refractivity contribution in [1.82, 2.24) is 24.2 Å². The van der Waals surface area contributed by atoms with E-state index in [1.807, 2.05) is 10.7 Å². The van der Waals surface area contributed by atoms with Gasteiger partial charge in [0, 0.05) is 45.1 Å². The van der Waals surface area contributed by atoms with Gasteiger partial charge in [0.1, 0.15) is 0 Å². The van der Waals surface area contributed by atoms with E-state index in [-0.39, 0.29) is 5.69 Å². The smallest absolute Gasteiger partial charge is 0.325 e. The van der Waals surface area contributed by atoms with Gasteiger partial charge in [-0.05, 0) is 19.4 Å². The number of aromatic amines is 1. The topological polar surface area (TPSA) is 79.1 Å². The second-order valence-electron chi connectivity index (χ2n) is 5.55. The highest BCUT2D eigenvalue weighted by Crippen LogP contribution is 2.17. The largest absolute Gasteiger partial charge is 0.387 e. The SMILES string of the molecule is CC(O)c1cc2n(n1)CCCN(CCn1cc[nH]c1=O)C2. The van der Waals surface area contributed by atoms with Gasteiger partial charge in [-0.25, -0.2) is 4.79 Å². The molecule has 0 amide bonds. The summed E-state index contributed by atoms with van der Waals surface area (Å²) in [5.41, 5.74) is 1.80. The number of hydrogen-bond donors (Lipinski definition) is 2. The monoisotopic (exact) mass is 291 g/mol. The third-order valence-electron chi connectivity index (χ3n) is 3.92. The third kappa shape index (κ3) is 3.08. The molecule has 0 saturated heterocycles. The van der Waals surface area contributed by atoms with E-state index in [2.05, 4.69) is 15.0 Å². The van der Waals surface area contributed by atoms with Crippen LogP contribution in [-0.2, 0) is 19.6 Å². The molecule has 1 atom stereocenters. The van der Waals surface area contributed by atoms with E-state index in [9.17, 15) is 9.90 Å². The van der Waals surface area contributed by atoms with Crippen molar-refractivity contribution in [2.45, 2.75) is 39.1 Å². The minimum Gasteiger partial charge on any atom is -0.387 e. The molecule has 7 heteroatoms. The van der Waals surface area contributed by atoms with Gasteiger partial charge >= 0.3 is 5.69 Å². The molecular formula is C14H21N5O2. The molecule has 2 aromatic heterocycles. The first-order valence-corrected chi connectivity index (χ1v) is 7.34. The first-order valence-electron chi connectivity index (χ1n) is 7.34. The van der Waals surface area contributed by atoms with Crippen LogP contribution in [0.25, 0.3) is 0 Å². The van der Waals surface area contributed by atoms with Crippen LogP contribution in [0.1, 0.15) is 30.8 Å². The van der Waals surface area contributed by atoms with Gasteiger partial charge in [-0.3, -0.25) is 14.1 Å². The molecule has 0 aromatic carbocycles. The number of hydrogen-bond acceptors (Lipinski definition) is 4. The zero-order chi connectivity index (χ0) is 14.8. The lowest BCUT2D eigenvalue weighted by molar-refractivity contribution is 0.193. The van der Waals surface area contributed by atoms with Gasteiger partial charge in [0.15, 0.2) is 0 Å². The normalized spacial score (nSPS) is 17.4. The molecule has 3 heterocycles. The number of imidazole rings is 1. The minimum absolute atomic E-state index is 0.0637. The maximum atomic E-state index is 11.5. The Morgan fingerprint density at radius 1 is 1.43 bits per heavy atom. The van der Waals surface area contributed by atoms with Gasteiger partial charge in [0.25, 0.3) is 0 Å². The summed E-state index contributed by atoms with van der Waals surface area (Å²) in [6.07, 6.45) is 3.93. The number of aliphatic hydroxyl groups is 1. The lowest BCUT2D eigenvalue weighted by Crippen LogP contribution is -2.30. The van der Waals surface area contributed by atoms with Crippen LogP contribution >= 0.6 is 0 Å². The highest BCUT2D eigenvalue weighted by atomic mass is 16.3. The molecule has 1 aliphatic heterocycles. The van der Waals surface area contributed by atoms with Gasteiger partial charge < -0.3 is 10.1 Å². The van der Waals surface area contributed by atoms with Gasteiger partial charge in [0.2, 0.25) is 0 Å². The van der Waals surface area contributed by atoms with Crippen LogP contribution in [0, 0.1) is 0 Å². The molecule has 3 rings (SSSR count). The van der Waals surface area contributed by atoms with Crippen LogP contribution in [-0.4, -0.2) is 42.4 Å². The van der Waals surface area contributed by atoms with Crippen molar-refractivity contribution in [3.63, 3.8) is 0 Å². The van der Waals surface area contributed by atoms with Crippen LogP contribution in [0.15, 0.2) is 23.3 Å². The minimum atomic E-state index is -0.531. The maximum absolute atomic E-state index is 11.5. The fourth-order valence-corrected chi connectivity index (χ4v) is 2.72. The van der Waals surface area contributed by atoms with E-state index in [1.165, 1.54) is 0 Å². The quantitative estimate of drug-likeness (QED) is 0.851. The van der Waals surface area contributed by atoms with E-state index in [4.69, 9.17) is 0 Å². The molecule has 0 saturated carbocycles. The van der Waals surface area contributed by atoms with Gasteiger partial charge in [-0.15, -0.1) is 0 Å². The summed E-state index contributed by atoms with van der Waals surface area (Å²) in [7, 11) is 0. The van der Waals surface area contributed by atoms with Crippen molar-refractivity contribution < 1.29 is 5.11 Å². The molecule has 0 bridgehead atoms. The maximum Gasteiger partial charge on any atom is 0.325 e. The van der Waals surface area contributed by atoms with Crippen LogP contribution < -0.4 is 5.69 Å². The Kier molecular flexibility index (Phi) is 3.94. The number of nitrogens with one attached hydrogen (secondary N) is 1. The average Bonchev–Trinajstić information content (AvgIpc) is 2.98. The Hall–Kier alpha value is -1.86. The lowest BCUT2D eigenvalue weighted by Gasteiger charge is -2.19. The van der Waals surface area contributed by atoms with Crippen LogP contribution in [0.4, 0.5) is 0 Å². The molecular weight excluding hydrogens is 270 g/mol. The summed E-state index contributed by atoms with van der Waals surface area (Å²) < 4.78 is 3.67. The Bertz CT molecular complexity index is 654. The Morgan fingerprint density at radius 2 is 2.29 bits per heavy atom. The molecule has 2 N–H and O–H groups in total. The van der Waals surface area contributed by atoms with Crippen molar-refractivity contribution >= 4 is 0 Å². The first-order chi connectivity index (χ1) is 10.1. The average molecular weight is 291 g/mol. The van der Waals surface area contributed by atoms with E-state index in [0.29, 0.717) is 6.54 Å². The highest BCUT2D eigenvalue weighted by Gasteiger charge is 2.18. The standard InChI is InChI=1S/C14H21N5O2/c1-11(20)13-9-12-10-17(4-2-5-19(12)16-13)7-8-18-6-3-15-14(18)21/h3,6,9,11,20H,2,4-5,7-8,10H2,1H3,(H,15,21). The second-order valence-corrected chi connectivity index (χ2v) is 5.55. The van der Waals surface area contributed by atoms with Crippen molar-refractivity contribution in [2.24, 2.45) is 0 Å². The third-order valence-corrected chi connectivity index (χ3v) is 3.92. The summed E-state index contributed by atoms with van der Waals surface area (Å²) >= 11 is 0. The molecule has 0 aliphatic carbocycles. The van der Waals surface area contributed by atoms with Crippen LogP contribution in [0.3, 0.4) is 0 Å². The summed E-state index contributed by atoms with van der Waals surface area (Å²) in [6.45, 7) is 5.92. The molecule has 1 aliphatic rings. The number of aromatic nitrogens is 4. The number of aliphatic hydroxyl groups excluding tert-OH is 1. The molecule has 0 spiro atoms. The zero-order valence-electron chi connectivity index (χ0n) is 12.2.